The first-order chi connectivity index (χ1) is 10.3. The van der Waals surface area contributed by atoms with E-state index in [1.807, 2.05) is 27.7 Å². The molecule has 1 aromatic heterocycles. The van der Waals surface area contributed by atoms with Gasteiger partial charge in [0.2, 0.25) is 0 Å². The summed E-state index contributed by atoms with van der Waals surface area (Å²) in [4.78, 5) is 24.3. The second-order valence-electron chi connectivity index (χ2n) is 6.37. The molecule has 2 heterocycles. The van der Waals surface area contributed by atoms with Crippen molar-refractivity contribution in [3.63, 3.8) is 0 Å². The van der Waals surface area contributed by atoms with Gasteiger partial charge >= 0.3 is 6.09 Å². The van der Waals surface area contributed by atoms with Gasteiger partial charge in [-0.2, -0.15) is 0 Å². The van der Waals surface area contributed by atoms with E-state index in [-0.39, 0.29) is 12.1 Å². The fourth-order valence-electron chi connectivity index (χ4n) is 2.37. The minimum absolute atomic E-state index is 0.127. The molecule has 1 amide bonds. The third kappa shape index (κ3) is 3.88. The van der Waals surface area contributed by atoms with Gasteiger partial charge in [0.1, 0.15) is 23.4 Å². The molecule has 0 N–H and O–H groups in total. The summed E-state index contributed by atoms with van der Waals surface area (Å²) in [6.07, 6.45) is 6.57. The standard InChI is InChI=1S/C16H22N4O2/c1-6-13-9-14(18-11-17-13)20-8-7-19(10-12(20)2)15(21)22-16(3,4)5/h1,9,11-12H,7-8,10H2,2-5H3/t12-/m0/s1. The molecule has 1 aliphatic heterocycles. The summed E-state index contributed by atoms with van der Waals surface area (Å²) in [5, 5.41) is 0. The summed E-state index contributed by atoms with van der Waals surface area (Å²) < 4.78 is 5.42. The van der Waals surface area contributed by atoms with Crippen molar-refractivity contribution in [2.24, 2.45) is 0 Å². The molecule has 0 aromatic carbocycles. The van der Waals surface area contributed by atoms with Gasteiger partial charge in [0, 0.05) is 31.7 Å². The monoisotopic (exact) mass is 302 g/mol. The van der Waals surface area contributed by atoms with Crippen molar-refractivity contribution in [2.45, 2.75) is 39.3 Å². The lowest BCUT2D eigenvalue weighted by molar-refractivity contribution is 0.0218. The van der Waals surface area contributed by atoms with E-state index >= 15 is 0 Å². The van der Waals surface area contributed by atoms with Crippen LogP contribution in [0.4, 0.5) is 10.6 Å². The molecular formula is C16H22N4O2. The lowest BCUT2D eigenvalue weighted by atomic mass is 10.2. The molecular weight excluding hydrogens is 280 g/mol. The average Bonchev–Trinajstić information content (AvgIpc) is 2.45. The van der Waals surface area contributed by atoms with E-state index in [0.29, 0.717) is 25.3 Å². The fourth-order valence-corrected chi connectivity index (χ4v) is 2.37. The van der Waals surface area contributed by atoms with Gasteiger partial charge in [-0.05, 0) is 27.7 Å². The Hall–Kier alpha value is -2.29. The lowest BCUT2D eigenvalue weighted by Gasteiger charge is -2.40. The second-order valence-corrected chi connectivity index (χ2v) is 6.37. The third-order valence-electron chi connectivity index (χ3n) is 3.37. The van der Waals surface area contributed by atoms with Crippen LogP contribution in [0.15, 0.2) is 12.4 Å². The van der Waals surface area contributed by atoms with Crippen LogP contribution in [0.25, 0.3) is 0 Å². The topological polar surface area (TPSA) is 58.6 Å². The number of hydrogen-bond donors (Lipinski definition) is 0. The molecule has 2 rings (SSSR count). The normalized spacial score (nSPS) is 18.8. The highest BCUT2D eigenvalue weighted by Gasteiger charge is 2.30. The van der Waals surface area contributed by atoms with Crippen molar-refractivity contribution in [1.82, 2.24) is 14.9 Å². The summed E-state index contributed by atoms with van der Waals surface area (Å²) in [7, 11) is 0. The van der Waals surface area contributed by atoms with Gasteiger partial charge in [-0.15, -0.1) is 6.42 Å². The number of carbonyl (C=O) groups is 1. The molecule has 1 fully saturated rings. The van der Waals surface area contributed by atoms with E-state index in [4.69, 9.17) is 11.2 Å². The molecule has 118 valence electrons. The maximum Gasteiger partial charge on any atom is 0.410 e. The van der Waals surface area contributed by atoms with E-state index in [9.17, 15) is 4.79 Å². The molecule has 0 saturated carbocycles. The first kappa shape index (κ1) is 16.1. The highest BCUT2D eigenvalue weighted by atomic mass is 16.6. The van der Waals surface area contributed by atoms with Gasteiger partial charge in [0.05, 0.1) is 0 Å². The number of aromatic nitrogens is 2. The Labute approximate surface area is 131 Å². The molecule has 0 spiro atoms. The molecule has 6 heteroatoms. The van der Waals surface area contributed by atoms with Crippen LogP contribution < -0.4 is 4.90 Å². The minimum Gasteiger partial charge on any atom is -0.444 e. The number of amides is 1. The van der Waals surface area contributed by atoms with Crippen molar-refractivity contribution in [3.8, 4) is 12.3 Å². The van der Waals surface area contributed by atoms with Crippen molar-refractivity contribution in [1.29, 1.82) is 0 Å². The summed E-state index contributed by atoms with van der Waals surface area (Å²) in [5.41, 5.74) is 0.0815. The van der Waals surface area contributed by atoms with Crippen molar-refractivity contribution < 1.29 is 9.53 Å². The molecule has 6 nitrogen and oxygen atoms in total. The number of ether oxygens (including phenoxy) is 1. The summed E-state index contributed by atoms with van der Waals surface area (Å²) >= 11 is 0. The Balaban J connectivity index is 2.04. The Morgan fingerprint density at radius 3 is 2.73 bits per heavy atom. The highest BCUT2D eigenvalue weighted by Crippen LogP contribution is 2.20. The van der Waals surface area contributed by atoms with Gasteiger partial charge in [-0.3, -0.25) is 0 Å². The van der Waals surface area contributed by atoms with Crippen LogP contribution in [0.5, 0.6) is 0 Å². The average molecular weight is 302 g/mol. The Bertz CT molecular complexity index is 589. The number of anilines is 1. The quantitative estimate of drug-likeness (QED) is 0.742. The van der Waals surface area contributed by atoms with Crippen LogP contribution >= 0.6 is 0 Å². The summed E-state index contributed by atoms with van der Waals surface area (Å²) in [6.45, 7) is 9.51. The van der Waals surface area contributed by atoms with Crippen LogP contribution in [0, 0.1) is 12.3 Å². The van der Waals surface area contributed by atoms with Crippen LogP contribution in [0.2, 0.25) is 0 Å². The van der Waals surface area contributed by atoms with Crippen molar-refractivity contribution >= 4 is 11.9 Å². The fraction of sp³-hybridized carbons (Fsp3) is 0.562. The predicted molar refractivity (Wildman–Crippen MR) is 84.6 cm³/mol. The molecule has 0 unspecified atom stereocenters. The van der Waals surface area contributed by atoms with Gasteiger partial charge < -0.3 is 14.5 Å². The molecule has 0 bridgehead atoms. The third-order valence-corrected chi connectivity index (χ3v) is 3.37. The molecule has 1 saturated heterocycles. The minimum atomic E-state index is -0.480. The molecule has 1 aliphatic rings. The van der Waals surface area contributed by atoms with E-state index in [1.165, 1.54) is 6.33 Å². The molecule has 1 atom stereocenters. The molecule has 0 aliphatic carbocycles. The van der Waals surface area contributed by atoms with E-state index in [1.54, 1.807) is 11.0 Å². The van der Waals surface area contributed by atoms with E-state index < -0.39 is 5.60 Å². The van der Waals surface area contributed by atoms with E-state index in [2.05, 4.69) is 20.8 Å². The summed E-state index contributed by atoms with van der Waals surface area (Å²) in [5.74, 6) is 3.30. The smallest absolute Gasteiger partial charge is 0.410 e. The Morgan fingerprint density at radius 1 is 1.41 bits per heavy atom. The van der Waals surface area contributed by atoms with Crippen molar-refractivity contribution in [2.75, 3.05) is 24.5 Å². The number of terminal acetylenes is 1. The Kier molecular flexibility index (Phi) is 4.55. The van der Waals surface area contributed by atoms with Gasteiger partial charge in [0.25, 0.3) is 0 Å². The molecule has 22 heavy (non-hydrogen) atoms. The highest BCUT2D eigenvalue weighted by molar-refractivity contribution is 5.68. The van der Waals surface area contributed by atoms with Crippen LogP contribution in [-0.4, -0.2) is 52.2 Å². The van der Waals surface area contributed by atoms with Crippen LogP contribution in [-0.2, 0) is 4.74 Å². The van der Waals surface area contributed by atoms with Gasteiger partial charge in [-0.25, -0.2) is 14.8 Å². The number of nitrogens with zero attached hydrogens (tertiary/aromatic N) is 4. The van der Waals surface area contributed by atoms with Crippen molar-refractivity contribution in [3.05, 3.63) is 18.1 Å². The number of rotatable bonds is 1. The van der Waals surface area contributed by atoms with Gasteiger partial charge in [0.15, 0.2) is 0 Å². The van der Waals surface area contributed by atoms with Crippen LogP contribution in [0.3, 0.4) is 0 Å². The number of hydrogen-bond acceptors (Lipinski definition) is 5. The van der Waals surface area contributed by atoms with E-state index in [0.717, 1.165) is 5.82 Å². The SMILES string of the molecule is C#Cc1cc(N2CCN(C(=O)OC(C)(C)C)C[C@@H]2C)ncn1. The predicted octanol–water partition coefficient (Wildman–Crippen LogP) is 1.90. The molecule has 1 aromatic rings. The zero-order valence-corrected chi connectivity index (χ0v) is 13.5. The first-order valence-electron chi connectivity index (χ1n) is 7.33. The van der Waals surface area contributed by atoms with Gasteiger partial charge in [-0.1, -0.05) is 5.92 Å². The number of carbonyl (C=O) groups excluding carboxylic acids is 1. The second kappa shape index (κ2) is 6.22. The largest absolute Gasteiger partial charge is 0.444 e. The zero-order chi connectivity index (χ0) is 16.3. The Morgan fingerprint density at radius 2 is 2.14 bits per heavy atom. The van der Waals surface area contributed by atoms with Crippen LogP contribution in [0.1, 0.15) is 33.4 Å². The first-order valence-corrected chi connectivity index (χ1v) is 7.33. The number of piperazine rings is 1. The maximum atomic E-state index is 12.1. The molecule has 0 radical (unpaired) electrons. The lowest BCUT2D eigenvalue weighted by Crippen LogP contribution is -2.54. The summed E-state index contributed by atoms with van der Waals surface area (Å²) in [6, 6.07) is 1.92. The zero-order valence-electron chi connectivity index (χ0n) is 13.5. The maximum absolute atomic E-state index is 12.1.